The molecule has 0 saturated carbocycles. The van der Waals surface area contributed by atoms with E-state index in [2.05, 4.69) is 0 Å². The minimum absolute atomic E-state index is 0.0267. The lowest BCUT2D eigenvalue weighted by Crippen LogP contribution is -2.05. The van der Waals surface area contributed by atoms with Crippen LogP contribution in [0, 0.1) is 20.8 Å². The van der Waals surface area contributed by atoms with Gasteiger partial charge in [0, 0.05) is 22.3 Å². The number of benzene rings is 3. The molecular weight excluding hydrogens is 308 g/mol. The molecule has 0 amide bonds. The number of carbonyl (C=O) groups is 2. The van der Waals surface area contributed by atoms with Crippen molar-refractivity contribution in [2.24, 2.45) is 0 Å². The molecule has 25 heavy (non-hydrogen) atoms. The summed E-state index contributed by atoms with van der Waals surface area (Å²) in [5.74, 6) is -0.0634. The second-order valence-corrected chi connectivity index (χ2v) is 6.48. The van der Waals surface area contributed by atoms with Crippen molar-refractivity contribution in [3.8, 4) is 0 Å². The first kappa shape index (κ1) is 16.8. The van der Waals surface area contributed by atoms with Crippen molar-refractivity contribution in [3.05, 3.63) is 106 Å². The maximum atomic E-state index is 12.7. The molecule has 0 bridgehead atoms. The highest BCUT2D eigenvalue weighted by molar-refractivity contribution is 6.11. The molecule has 0 fully saturated rings. The molecule has 2 heteroatoms. The van der Waals surface area contributed by atoms with Crippen molar-refractivity contribution >= 4 is 11.6 Å². The second kappa shape index (κ2) is 6.86. The molecular formula is C23H20O2. The van der Waals surface area contributed by atoms with E-state index in [4.69, 9.17) is 0 Å². The monoisotopic (exact) mass is 328 g/mol. The van der Waals surface area contributed by atoms with Crippen LogP contribution in [0.1, 0.15) is 48.5 Å². The lowest BCUT2D eigenvalue weighted by atomic mass is 9.97. The quantitative estimate of drug-likeness (QED) is 0.626. The molecule has 0 atom stereocenters. The smallest absolute Gasteiger partial charge is 0.193 e. The summed E-state index contributed by atoms with van der Waals surface area (Å²) in [5.41, 5.74) is 5.75. The Morgan fingerprint density at radius 3 is 1.28 bits per heavy atom. The third kappa shape index (κ3) is 3.74. The maximum absolute atomic E-state index is 12.7. The maximum Gasteiger partial charge on any atom is 0.193 e. The lowest BCUT2D eigenvalue weighted by Gasteiger charge is -2.06. The van der Waals surface area contributed by atoms with Gasteiger partial charge in [-0.2, -0.15) is 0 Å². The zero-order valence-corrected chi connectivity index (χ0v) is 14.7. The normalized spacial score (nSPS) is 10.5. The predicted octanol–water partition coefficient (Wildman–Crippen LogP) is 5.07. The van der Waals surface area contributed by atoms with E-state index in [1.165, 1.54) is 0 Å². The van der Waals surface area contributed by atoms with Crippen LogP contribution in [0.2, 0.25) is 0 Å². The second-order valence-electron chi connectivity index (χ2n) is 6.48. The van der Waals surface area contributed by atoms with Crippen molar-refractivity contribution in [2.75, 3.05) is 0 Å². The summed E-state index contributed by atoms with van der Waals surface area (Å²) in [6, 6.07) is 20.2. The van der Waals surface area contributed by atoms with Crippen LogP contribution in [0.5, 0.6) is 0 Å². The molecule has 3 aromatic carbocycles. The standard InChI is InChI=1S/C23H20O2/c1-15-4-6-18(7-5-15)22(24)19-8-10-20(11-9-19)23(25)21-13-16(2)12-17(3)14-21/h4-14H,1-3H3. The average Bonchev–Trinajstić information content (AvgIpc) is 2.60. The van der Waals surface area contributed by atoms with Crippen LogP contribution >= 0.6 is 0 Å². The summed E-state index contributed by atoms with van der Waals surface area (Å²) in [6.07, 6.45) is 0. The van der Waals surface area contributed by atoms with Gasteiger partial charge in [-0.1, -0.05) is 71.3 Å². The molecule has 124 valence electrons. The summed E-state index contributed by atoms with van der Waals surface area (Å²) >= 11 is 0. The highest BCUT2D eigenvalue weighted by atomic mass is 16.1. The van der Waals surface area contributed by atoms with Gasteiger partial charge in [0.15, 0.2) is 11.6 Å². The molecule has 0 radical (unpaired) electrons. The summed E-state index contributed by atoms with van der Waals surface area (Å²) < 4.78 is 0. The Hall–Kier alpha value is -3.00. The van der Waals surface area contributed by atoms with Crippen LogP contribution in [-0.4, -0.2) is 11.6 Å². The third-order valence-corrected chi connectivity index (χ3v) is 4.21. The van der Waals surface area contributed by atoms with Gasteiger partial charge < -0.3 is 0 Å². The number of hydrogen-bond donors (Lipinski definition) is 0. The number of aryl methyl sites for hydroxylation is 3. The van der Waals surface area contributed by atoms with Gasteiger partial charge in [0.1, 0.15) is 0 Å². The van der Waals surface area contributed by atoms with Crippen LogP contribution < -0.4 is 0 Å². The van der Waals surface area contributed by atoms with Gasteiger partial charge in [0.2, 0.25) is 0 Å². The predicted molar refractivity (Wildman–Crippen MR) is 100 cm³/mol. The minimum Gasteiger partial charge on any atom is -0.289 e. The largest absolute Gasteiger partial charge is 0.289 e. The van der Waals surface area contributed by atoms with Crippen LogP contribution in [0.25, 0.3) is 0 Å². The van der Waals surface area contributed by atoms with E-state index in [0.717, 1.165) is 16.7 Å². The van der Waals surface area contributed by atoms with Gasteiger partial charge in [0.25, 0.3) is 0 Å². The Morgan fingerprint density at radius 1 is 0.480 bits per heavy atom. The molecule has 0 aliphatic carbocycles. The zero-order valence-electron chi connectivity index (χ0n) is 14.7. The minimum atomic E-state index is -0.0367. The molecule has 0 aliphatic rings. The number of hydrogen-bond acceptors (Lipinski definition) is 2. The molecule has 0 N–H and O–H groups in total. The topological polar surface area (TPSA) is 34.1 Å². The van der Waals surface area contributed by atoms with Crippen LogP contribution in [0.4, 0.5) is 0 Å². The van der Waals surface area contributed by atoms with Crippen molar-refractivity contribution in [1.82, 2.24) is 0 Å². The van der Waals surface area contributed by atoms with E-state index in [1.54, 1.807) is 24.3 Å². The highest BCUT2D eigenvalue weighted by Crippen LogP contribution is 2.17. The molecule has 3 aromatic rings. The fourth-order valence-corrected chi connectivity index (χ4v) is 2.92. The fraction of sp³-hybridized carbons (Fsp3) is 0.130. The van der Waals surface area contributed by atoms with Gasteiger partial charge in [-0.15, -0.1) is 0 Å². The number of ketones is 2. The Kier molecular flexibility index (Phi) is 4.62. The summed E-state index contributed by atoms with van der Waals surface area (Å²) in [5, 5.41) is 0. The van der Waals surface area contributed by atoms with Crippen LogP contribution in [0.3, 0.4) is 0 Å². The van der Waals surface area contributed by atoms with Crippen molar-refractivity contribution < 1.29 is 9.59 Å². The SMILES string of the molecule is Cc1ccc(C(=O)c2ccc(C(=O)c3cc(C)cc(C)c3)cc2)cc1. The van der Waals surface area contributed by atoms with Crippen molar-refractivity contribution in [3.63, 3.8) is 0 Å². The molecule has 0 unspecified atom stereocenters. The first-order valence-corrected chi connectivity index (χ1v) is 8.28. The molecule has 2 nitrogen and oxygen atoms in total. The first-order chi connectivity index (χ1) is 11.9. The molecule has 0 aliphatic heterocycles. The van der Waals surface area contributed by atoms with Gasteiger partial charge in [0.05, 0.1) is 0 Å². The van der Waals surface area contributed by atoms with Crippen molar-refractivity contribution in [2.45, 2.75) is 20.8 Å². The van der Waals surface area contributed by atoms with Crippen LogP contribution in [-0.2, 0) is 0 Å². The van der Waals surface area contributed by atoms with Gasteiger partial charge in [-0.25, -0.2) is 0 Å². The van der Waals surface area contributed by atoms with Gasteiger partial charge in [-0.3, -0.25) is 9.59 Å². The number of carbonyl (C=O) groups excluding carboxylic acids is 2. The summed E-state index contributed by atoms with van der Waals surface area (Å²) in [4.78, 5) is 25.2. The first-order valence-electron chi connectivity index (χ1n) is 8.28. The van der Waals surface area contributed by atoms with Gasteiger partial charge >= 0.3 is 0 Å². The fourth-order valence-electron chi connectivity index (χ4n) is 2.92. The molecule has 3 rings (SSSR count). The molecule has 0 saturated heterocycles. The van der Waals surface area contributed by atoms with E-state index in [0.29, 0.717) is 22.3 Å². The molecule has 0 spiro atoms. The molecule has 0 heterocycles. The Balaban J connectivity index is 1.85. The van der Waals surface area contributed by atoms with E-state index in [-0.39, 0.29) is 11.6 Å². The van der Waals surface area contributed by atoms with Gasteiger partial charge in [-0.05, 0) is 32.9 Å². The van der Waals surface area contributed by atoms with Crippen LogP contribution in [0.15, 0.2) is 66.7 Å². The Labute approximate surface area is 148 Å². The van der Waals surface area contributed by atoms with E-state index >= 15 is 0 Å². The molecule has 0 aromatic heterocycles. The zero-order chi connectivity index (χ0) is 18.0. The Morgan fingerprint density at radius 2 is 0.840 bits per heavy atom. The highest BCUT2D eigenvalue weighted by Gasteiger charge is 2.13. The lowest BCUT2D eigenvalue weighted by molar-refractivity contribution is 0.102. The van der Waals surface area contributed by atoms with E-state index in [1.807, 2.05) is 63.2 Å². The average molecular weight is 328 g/mol. The van der Waals surface area contributed by atoms with E-state index < -0.39 is 0 Å². The summed E-state index contributed by atoms with van der Waals surface area (Å²) in [6.45, 7) is 5.95. The Bertz CT molecular complexity index is 913. The van der Waals surface area contributed by atoms with E-state index in [9.17, 15) is 9.59 Å². The third-order valence-electron chi connectivity index (χ3n) is 4.21. The summed E-state index contributed by atoms with van der Waals surface area (Å²) in [7, 11) is 0. The van der Waals surface area contributed by atoms with Crippen molar-refractivity contribution in [1.29, 1.82) is 0 Å². The number of rotatable bonds is 4.